The summed E-state index contributed by atoms with van der Waals surface area (Å²) in [6.07, 6.45) is 3.89. The molecule has 4 rings (SSSR count). The van der Waals surface area contributed by atoms with E-state index in [1.807, 2.05) is 35.0 Å². The van der Waals surface area contributed by atoms with Gasteiger partial charge in [-0.15, -0.1) is 0 Å². The molecule has 140 valence electrons. The molecule has 3 N–H and O–H groups in total. The third-order valence-corrected chi connectivity index (χ3v) is 4.94. The van der Waals surface area contributed by atoms with Crippen molar-refractivity contribution in [3.63, 3.8) is 0 Å². The average molecular weight is 366 g/mol. The summed E-state index contributed by atoms with van der Waals surface area (Å²) >= 11 is 0. The fourth-order valence-electron chi connectivity index (χ4n) is 3.50. The number of hydrogen-bond donors (Lipinski definition) is 3. The van der Waals surface area contributed by atoms with Crippen molar-refractivity contribution in [3.8, 4) is 0 Å². The minimum atomic E-state index is -0.0884. The van der Waals surface area contributed by atoms with E-state index in [1.165, 1.54) is 6.92 Å². The summed E-state index contributed by atoms with van der Waals surface area (Å²) in [4.78, 5) is 23.3. The third-order valence-electron chi connectivity index (χ3n) is 4.94. The number of aryl methyl sites for hydroxylation is 1. The second-order valence-corrected chi connectivity index (χ2v) is 7.00. The molecule has 8 heteroatoms. The van der Waals surface area contributed by atoms with Gasteiger partial charge in [-0.1, -0.05) is 18.2 Å². The molecule has 1 saturated carbocycles. The SMILES string of the molecule is CC(=O)N[C@H]1C[C@@H](c2cc(NC(=O)CCn3ncc4ccccc43)[nH]n2)C1. The van der Waals surface area contributed by atoms with Gasteiger partial charge < -0.3 is 10.6 Å². The number of fused-ring (bicyclic) bond motifs is 1. The minimum absolute atomic E-state index is 0.00149. The van der Waals surface area contributed by atoms with Gasteiger partial charge in [0.25, 0.3) is 0 Å². The first-order valence-electron chi connectivity index (χ1n) is 9.11. The van der Waals surface area contributed by atoms with E-state index in [2.05, 4.69) is 25.9 Å². The van der Waals surface area contributed by atoms with E-state index >= 15 is 0 Å². The highest BCUT2D eigenvalue weighted by Crippen LogP contribution is 2.36. The predicted molar refractivity (Wildman–Crippen MR) is 101 cm³/mol. The van der Waals surface area contributed by atoms with E-state index < -0.39 is 0 Å². The minimum Gasteiger partial charge on any atom is -0.354 e. The van der Waals surface area contributed by atoms with Crippen molar-refractivity contribution in [1.82, 2.24) is 25.3 Å². The van der Waals surface area contributed by atoms with Crippen molar-refractivity contribution in [2.45, 2.75) is 44.7 Å². The summed E-state index contributed by atoms with van der Waals surface area (Å²) in [7, 11) is 0. The number of carbonyl (C=O) groups is 2. The third kappa shape index (κ3) is 3.84. The van der Waals surface area contributed by atoms with Gasteiger partial charge >= 0.3 is 0 Å². The standard InChI is InChI=1S/C19H22N6O2/c1-12(26)21-15-8-14(9-15)16-10-18(24-23-16)22-19(27)6-7-25-17-5-3-2-4-13(17)11-20-25/h2-5,10-11,14-15H,6-9H2,1H3,(H,21,26)(H2,22,23,24,27)/t14-,15+. The lowest BCUT2D eigenvalue weighted by Gasteiger charge is -2.34. The molecule has 0 aliphatic heterocycles. The van der Waals surface area contributed by atoms with Crippen molar-refractivity contribution >= 4 is 28.5 Å². The van der Waals surface area contributed by atoms with Crippen LogP contribution in [-0.4, -0.2) is 37.8 Å². The zero-order valence-corrected chi connectivity index (χ0v) is 15.1. The largest absolute Gasteiger partial charge is 0.354 e. The van der Waals surface area contributed by atoms with Gasteiger partial charge in [-0.2, -0.15) is 10.2 Å². The molecule has 0 atom stereocenters. The van der Waals surface area contributed by atoms with Crippen LogP contribution < -0.4 is 10.6 Å². The zero-order valence-electron chi connectivity index (χ0n) is 15.1. The van der Waals surface area contributed by atoms with Gasteiger partial charge in [0.2, 0.25) is 11.8 Å². The van der Waals surface area contributed by atoms with Crippen LogP contribution in [-0.2, 0) is 16.1 Å². The fourth-order valence-corrected chi connectivity index (χ4v) is 3.50. The summed E-state index contributed by atoms with van der Waals surface area (Å²) in [5, 5.41) is 18.3. The van der Waals surface area contributed by atoms with Gasteiger partial charge in [-0.25, -0.2) is 0 Å². The lowest BCUT2D eigenvalue weighted by atomic mass is 9.78. The number of nitrogens with zero attached hydrogens (tertiary/aromatic N) is 3. The van der Waals surface area contributed by atoms with Crippen LogP contribution in [0.4, 0.5) is 5.82 Å². The van der Waals surface area contributed by atoms with Crippen LogP contribution in [0.25, 0.3) is 10.9 Å². The van der Waals surface area contributed by atoms with E-state index in [9.17, 15) is 9.59 Å². The Bertz CT molecular complexity index is 969. The number of aromatic amines is 1. The Balaban J connectivity index is 1.28. The molecule has 2 heterocycles. The molecule has 27 heavy (non-hydrogen) atoms. The highest BCUT2D eigenvalue weighted by atomic mass is 16.2. The Labute approximate surface area is 156 Å². The van der Waals surface area contributed by atoms with Crippen molar-refractivity contribution < 1.29 is 9.59 Å². The Morgan fingerprint density at radius 3 is 2.93 bits per heavy atom. The molecule has 3 aromatic rings. The predicted octanol–water partition coefficient (Wildman–Crippen LogP) is 2.17. The first-order valence-corrected chi connectivity index (χ1v) is 9.11. The van der Waals surface area contributed by atoms with Crippen LogP contribution in [0.15, 0.2) is 36.5 Å². The van der Waals surface area contributed by atoms with E-state index in [0.717, 1.165) is 29.4 Å². The van der Waals surface area contributed by atoms with Crippen molar-refractivity contribution in [2.24, 2.45) is 0 Å². The summed E-state index contributed by atoms with van der Waals surface area (Å²) < 4.78 is 1.84. The summed E-state index contributed by atoms with van der Waals surface area (Å²) in [5.41, 5.74) is 1.94. The topological polar surface area (TPSA) is 105 Å². The number of amides is 2. The molecular formula is C19H22N6O2. The number of H-pyrrole nitrogens is 1. The number of nitrogens with one attached hydrogen (secondary N) is 3. The second kappa shape index (κ2) is 7.22. The zero-order chi connectivity index (χ0) is 18.8. The molecule has 8 nitrogen and oxygen atoms in total. The smallest absolute Gasteiger partial charge is 0.227 e. The lowest BCUT2D eigenvalue weighted by molar-refractivity contribution is -0.120. The molecule has 2 amide bonds. The molecule has 0 radical (unpaired) electrons. The van der Waals surface area contributed by atoms with Gasteiger partial charge in [0.1, 0.15) is 5.82 Å². The van der Waals surface area contributed by atoms with Gasteiger partial charge in [0.15, 0.2) is 0 Å². The molecule has 0 bridgehead atoms. The molecular weight excluding hydrogens is 344 g/mol. The highest BCUT2D eigenvalue weighted by molar-refractivity contribution is 5.89. The normalized spacial score (nSPS) is 18.9. The van der Waals surface area contributed by atoms with Crippen LogP contribution in [0.3, 0.4) is 0 Å². The molecule has 1 aliphatic carbocycles. The first kappa shape index (κ1) is 17.3. The Hall–Kier alpha value is -3.16. The Morgan fingerprint density at radius 2 is 2.11 bits per heavy atom. The van der Waals surface area contributed by atoms with Crippen molar-refractivity contribution in [2.75, 3.05) is 5.32 Å². The monoisotopic (exact) mass is 366 g/mol. The maximum atomic E-state index is 12.2. The van der Waals surface area contributed by atoms with Gasteiger partial charge in [0, 0.05) is 36.8 Å². The fraction of sp³-hybridized carbons (Fsp3) is 0.368. The molecule has 1 aliphatic rings. The van der Waals surface area contributed by atoms with Crippen molar-refractivity contribution in [1.29, 1.82) is 0 Å². The van der Waals surface area contributed by atoms with Gasteiger partial charge in [-0.3, -0.25) is 19.4 Å². The Morgan fingerprint density at radius 1 is 1.30 bits per heavy atom. The van der Waals surface area contributed by atoms with Gasteiger partial charge in [-0.05, 0) is 18.9 Å². The maximum absolute atomic E-state index is 12.2. The number of rotatable bonds is 6. The average Bonchev–Trinajstić information content (AvgIpc) is 3.22. The van der Waals surface area contributed by atoms with Crippen molar-refractivity contribution in [3.05, 3.63) is 42.2 Å². The first-order chi connectivity index (χ1) is 13.1. The number of aromatic nitrogens is 4. The van der Waals surface area contributed by atoms with Crippen LogP contribution in [0.1, 0.15) is 37.8 Å². The molecule has 1 aromatic carbocycles. The number of carbonyl (C=O) groups excluding carboxylic acids is 2. The Kier molecular flexibility index (Phi) is 4.62. The van der Waals surface area contributed by atoms with E-state index in [-0.39, 0.29) is 17.9 Å². The summed E-state index contributed by atoms with van der Waals surface area (Å²) in [6.45, 7) is 2.04. The number of para-hydroxylation sites is 1. The molecule has 1 fully saturated rings. The van der Waals surface area contributed by atoms with E-state index in [0.29, 0.717) is 24.7 Å². The van der Waals surface area contributed by atoms with Crippen LogP contribution in [0.5, 0.6) is 0 Å². The van der Waals surface area contributed by atoms with E-state index in [1.54, 1.807) is 6.20 Å². The summed E-state index contributed by atoms with van der Waals surface area (Å²) in [6, 6.07) is 10.0. The molecule has 2 aromatic heterocycles. The number of anilines is 1. The maximum Gasteiger partial charge on any atom is 0.227 e. The molecule has 0 saturated heterocycles. The van der Waals surface area contributed by atoms with Crippen LogP contribution in [0, 0.1) is 0 Å². The lowest BCUT2D eigenvalue weighted by Crippen LogP contribution is -2.42. The van der Waals surface area contributed by atoms with Gasteiger partial charge in [0.05, 0.1) is 24.0 Å². The highest BCUT2D eigenvalue weighted by Gasteiger charge is 2.32. The van der Waals surface area contributed by atoms with E-state index in [4.69, 9.17) is 0 Å². The van der Waals surface area contributed by atoms with Crippen LogP contribution in [0.2, 0.25) is 0 Å². The number of benzene rings is 1. The molecule has 0 unspecified atom stereocenters. The summed E-state index contributed by atoms with van der Waals surface area (Å²) in [5.74, 6) is 0.829. The molecule has 0 spiro atoms. The van der Waals surface area contributed by atoms with Crippen LogP contribution >= 0.6 is 0 Å². The second-order valence-electron chi connectivity index (χ2n) is 7.00. The quantitative estimate of drug-likeness (QED) is 0.622. The number of hydrogen-bond acceptors (Lipinski definition) is 4.